The van der Waals surface area contributed by atoms with Crippen molar-refractivity contribution in [2.45, 2.75) is 26.3 Å². The molecule has 0 amide bonds. The largest absolute Gasteiger partial charge is 0.496 e. The van der Waals surface area contributed by atoms with Crippen LogP contribution in [0, 0.1) is 0 Å². The SMILES string of the molecule is CCCNC(c1ccccc1OCC)c1sccc1OC. The fourth-order valence-electron chi connectivity index (χ4n) is 2.33. The number of hydrogen-bond acceptors (Lipinski definition) is 4. The molecule has 114 valence electrons. The second kappa shape index (κ2) is 8.05. The first-order chi connectivity index (χ1) is 10.3. The molecule has 2 rings (SSSR count). The van der Waals surface area contributed by atoms with E-state index < -0.39 is 0 Å². The Hall–Kier alpha value is -1.52. The molecule has 3 nitrogen and oxygen atoms in total. The predicted octanol–water partition coefficient (Wildman–Crippen LogP) is 4.24. The molecule has 1 atom stereocenters. The third-order valence-corrected chi connectivity index (χ3v) is 4.23. The highest BCUT2D eigenvalue weighted by Crippen LogP contribution is 2.38. The van der Waals surface area contributed by atoms with Crippen molar-refractivity contribution in [2.24, 2.45) is 0 Å². The third-order valence-electron chi connectivity index (χ3n) is 3.27. The van der Waals surface area contributed by atoms with Gasteiger partial charge in [-0.15, -0.1) is 11.3 Å². The summed E-state index contributed by atoms with van der Waals surface area (Å²) in [5.41, 5.74) is 1.16. The van der Waals surface area contributed by atoms with E-state index in [0.717, 1.165) is 30.0 Å². The lowest BCUT2D eigenvalue weighted by Crippen LogP contribution is -2.23. The van der Waals surface area contributed by atoms with Gasteiger partial charge in [-0.1, -0.05) is 25.1 Å². The summed E-state index contributed by atoms with van der Waals surface area (Å²) in [5.74, 6) is 1.86. The van der Waals surface area contributed by atoms with Crippen molar-refractivity contribution >= 4 is 11.3 Å². The summed E-state index contributed by atoms with van der Waals surface area (Å²) >= 11 is 1.71. The Morgan fingerprint density at radius 2 is 1.95 bits per heavy atom. The summed E-state index contributed by atoms with van der Waals surface area (Å²) < 4.78 is 11.3. The van der Waals surface area contributed by atoms with E-state index in [2.05, 4.69) is 29.8 Å². The van der Waals surface area contributed by atoms with Gasteiger partial charge in [0.05, 0.1) is 24.6 Å². The van der Waals surface area contributed by atoms with E-state index in [1.54, 1.807) is 18.4 Å². The van der Waals surface area contributed by atoms with Crippen LogP contribution in [0.5, 0.6) is 11.5 Å². The smallest absolute Gasteiger partial charge is 0.134 e. The summed E-state index contributed by atoms with van der Waals surface area (Å²) in [6.07, 6.45) is 1.08. The fourth-order valence-corrected chi connectivity index (χ4v) is 3.28. The maximum absolute atomic E-state index is 5.79. The normalized spacial score (nSPS) is 12.1. The second-order valence-electron chi connectivity index (χ2n) is 4.71. The van der Waals surface area contributed by atoms with Crippen LogP contribution in [0.15, 0.2) is 35.7 Å². The number of benzene rings is 1. The number of methoxy groups -OCH3 is 1. The summed E-state index contributed by atoms with van der Waals surface area (Å²) in [7, 11) is 1.72. The van der Waals surface area contributed by atoms with E-state index in [9.17, 15) is 0 Å². The van der Waals surface area contributed by atoms with Crippen LogP contribution in [0.1, 0.15) is 36.8 Å². The molecule has 0 bridgehead atoms. The van der Waals surface area contributed by atoms with Crippen LogP contribution in [0.4, 0.5) is 0 Å². The zero-order chi connectivity index (χ0) is 15.1. The third kappa shape index (κ3) is 3.77. The van der Waals surface area contributed by atoms with E-state index in [1.807, 2.05) is 25.1 Å². The van der Waals surface area contributed by atoms with Crippen molar-refractivity contribution in [3.05, 3.63) is 46.2 Å². The standard InChI is InChI=1S/C17H23NO2S/c1-4-11-18-16(17-15(19-3)10-12-21-17)13-8-6-7-9-14(13)20-5-2/h6-10,12,16,18H,4-5,11H2,1-3H3. The van der Waals surface area contributed by atoms with E-state index in [-0.39, 0.29) is 6.04 Å². The Labute approximate surface area is 130 Å². The minimum atomic E-state index is 0.0997. The molecule has 0 aliphatic rings. The van der Waals surface area contributed by atoms with Crippen LogP contribution in [0.2, 0.25) is 0 Å². The van der Waals surface area contributed by atoms with E-state index in [0.29, 0.717) is 6.61 Å². The van der Waals surface area contributed by atoms with Gasteiger partial charge < -0.3 is 14.8 Å². The van der Waals surface area contributed by atoms with Gasteiger partial charge in [0.1, 0.15) is 11.5 Å². The molecule has 4 heteroatoms. The Bertz CT molecular complexity index is 553. The van der Waals surface area contributed by atoms with Gasteiger partial charge >= 0.3 is 0 Å². The number of ether oxygens (including phenoxy) is 2. The van der Waals surface area contributed by atoms with E-state index in [1.165, 1.54) is 4.88 Å². The Morgan fingerprint density at radius 1 is 1.14 bits per heavy atom. The van der Waals surface area contributed by atoms with Gasteiger partial charge in [-0.05, 0) is 37.4 Å². The minimum absolute atomic E-state index is 0.0997. The molecule has 0 spiro atoms. The lowest BCUT2D eigenvalue weighted by Gasteiger charge is -2.21. The van der Waals surface area contributed by atoms with Gasteiger partial charge in [0, 0.05) is 5.56 Å². The molecule has 0 radical (unpaired) electrons. The van der Waals surface area contributed by atoms with Crippen molar-refractivity contribution in [1.29, 1.82) is 0 Å². The molecule has 21 heavy (non-hydrogen) atoms. The quantitative estimate of drug-likeness (QED) is 0.791. The highest BCUT2D eigenvalue weighted by atomic mass is 32.1. The molecule has 0 aliphatic heterocycles. The van der Waals surface area contributed by atoms with Gasteiger partial charge in [0.2, 0.25) is 0 Å². The predicted molar refractivity (Wildman–Crippen MR) is 88.6 cm³/mol. The average Bonchev–Trinajstić information content (AvgIpc) is 2.98. The Morgan fingerprint density at radius 3 is 2.67 bits per heavy atom. The summed E-state index contributed by atoms with van der Waals surface area (Å²) in [5, 5.41) is 5.68. The number of hydrogen-bond donors (Lipinski definition) is 1. The van der Waals surface area contributed by atoms with Crippen LogP contribution in [0.3, 0.4) is 0 Å². The first-order valence-electron chi connectivity index (χ1n) is 7.38. The first-order valence-corrected chi connectivity index (χ1v) is 8.26. The number of para-hydroxylation sites is 1. The zero-order valence-corrected chi connectivity index (χ0v) is 13.7. The molecule has 1 aromatic carbocycles. The Kier molecular flexibility index (Phi) is 6.08. The molecule has 2 aromatic rings. The topological polar surface area (TPSA) is 30.5 Å². The molecule has 1 aromatic heterocycles. The molecule has 1 unspecified atom stereocenters. The van der Waals surface area contributed by atoms with Crippen LogP contribution in [0.25, 0.3) is 0 Å². The van der Waals surface area contributed by atoms with Crippen molar-refractivity contribution < 1.29 is 9.47 Å². The molecule has 0 fully saturated rings. The lowest BCUT2D eigenvalue weighted by atomic mass is 10.0. The van der Waals surface area contributed by atoms with Crippen LogP contribution in [-0.2, 0) is 0 Å². The van der Waals surface area contributed by atoms with Gasteiger partial charge in [-0.25, -0.2) is 0 Å². The molecule has 0 aliphatic carbocycles. The Balaban J connectivity index is 2.40. The summed E-state index contributed by atoms with van der Waals surface area (Å²) in [6.45, 7) is 5.80. The number of nitrogens with one attached hydrogen (secondary N) is 1. The maximum atomic E-state index is 5.79. The van der Waals surface area contributed by atoms with Crippen LogP contribution < -0.4 is 14.8 Å². The monoisotopic (exact) mass is 305 g/mol. The van der Waals surface area contributed by atoms with Crippen molar-refractivity contribution in [2.75, 3.05) is 20.3 Å². The summed E-state index contributed by atoms with van der Waals surface area (Å²) in [6, 6.07) is 10.3. The van der Waals surface area contributed by atoms with Gasteiger partial charge in [0.25, 0.3) is 0 Å². The number of thiophene rings is 1. The first kappa shape index (κ1) is 15.9. The molecule has 0 saturated carbocycles. The highest BCUT2D eigenvalue weighted by molar-refractivity contribution is 7.10. The molecule has 1 N–H and O–H groups in total. The van der Waals surface area contributed by atoms with Gasteiger partial charge in [0.15, 0.2) is 0 Å². The summed E-state index contributed by atoms with van der Waals surface area (Å²) in [4.78, 5) is 1.19. The van der Waals surface area contributed by atoms with Crippen LogP contribution >= 0.6 is 11.3 Å². The zero-order valence-electron chi connectivity index (χ0n) is 12.9. The highest BCUT2D eigenvalue weighted by Gasteiger charge is 2.22. The fraction of sp³-hybridized carbons (Fsp3) is 0.412. The number of rotatable bonds is 8. The van der Waals surface area contributed by atoms with Gasteiger partial charge in [-0.2, -0.15) is 0 Å². The second-order valence-corrected chi connectivity index (χ2v) is 5.66. The van der Waals surface area contributed by atoms with E-state index >= 15 is 0 Å². The maximum Gasteiger partial charge on any atom is 0.134 e. The molecule has 0 saturated heterocycles. The van der Waals surface area contributed by atoms with Crippen LogP contribution in [-0.4, -0.2) is 20.3 Å². The molecule has 1 heterocycles. The molecular weight excluding hydrogens is 282 g/mol. The minimum Gasteiger partial charge on any atom is -0.496 e. The van der Waals surface area contributed by atoms with Crippen molar-refractivity contribution in [1.82, 2.24) is 5.32 Å². The van der Waals surface area contributed by atoms with E-state index in [4.69, 9.17) is 9.47 Å². The average molecular weight is 305 g/mol. The van der Waals surface area contributed by atoms with Crippen molar-refractivity contribution in [3.63, 3.8) is 0 Å². The van der Waals surface area contributed by atoms with Gasteiger partial charge in [-0.3, -0.25) is 0 Å². The lowest BCUT2D eigenvalue weighted by molar-refractivity contribution is 0.333. The van der Waals surface area contributed by atoms with Crippen molar-refractivity contribution in [3.8, 4) is 11.5 Å². The molecular formula is C17H23NO2S.